The molecule has 0 atom stereocenters. The molecule has 0 heterocycles. The average molecular weight is 276 g/mol. The molecule has 85 valence electrons. The number of carboxylic acid groups (broad SMARTS) is 2. The number of rotatable bonds is 2. The topological polar surface area (TPSA) is 155 Å². The van der Waals surface area contributed by atoms with E-state index in [1.54, 1.807) is 0 Å². The maximum absolute atomic E-state index is 9.55. The molecule has 0 saturated carbocycles. The Morgan fingerprint density at radius 2 is 1.14 bits per heavy atom. The monoisotopic (exact) mass is 275 g/mol. The third-order valence-corrected chi connectivity index (χ3v) is 0.368. The first-order valence-corrected chi connectivity index (χ1v) is 3.77. The fourth-order valence-corrected chi connectivity index (χ4v) is 0.143. The van der Waals surface area contributed by atoms with E-state index in [-0.39, 0.29) is 17.1 Å². The van der Waals surface area contributed by atoms with Gasteiger partial charge in [-0.15, -0.1) is 0 Å². The molecule has 0 aliphatic carbocycles. The van der Waals surface area contributed by atoms with Crippen LogP contribution < -0.4 is 0 Å². The smallest absolute Gasteiger partial charge is 0.759 e. The molecule has 0 aromatic heterocycles. The largest absolute Gasteiger partial charge is 2.00 e. The molecule has 8 nitrogen and oxygen atoms in total. The van der Waals surface area contributed by atoms with Crippen molar-refractivity contribution in [2.75, 3.05) is 0 Å². The van der Waals surface area contributed by atoms with E-state index in [2.05, 4.69) is 0 Å². The zero-order valence-electron chi connectivity index (χ0n) is 6.21. The van der Waals surface area contributed by atoms with Gasteiger partial charge in [0, 0.05) is 22.6 Å². The predicted octanol–water partition coefficient (Wildman–Crippen LogP) is -1.63. The van der Waals surface area contributed by atoms with E-state index in [9.17, 15) is 9.59 Å². The van der Waals surface area contributed by atoms with Crippen LogP contribution in [0.4, 0.5) is 0 Å². The summed E-state index contributed by atoms with van der Waals surface area (Å²) in [5, 5.41) is 15.6. The molecular weight excluding hydrogens is 272 g/mol. The Morgan fingerprint density at radius 1 is 1.00 bits per heavy atom. The summed E-state index contributed by atoms with van der Waals surface area (Å²) in [5.74, 6) is -2.51. The molecule has 14 heavy (non-hydrogen) atoms. The van der Waals surface area contributed by atoms with E-state index in [1.807, 2.05) is 0 Å². The summed E-state index contributed by atoms with van der Waals surface area (Å²) >= 11 is 0. The van der Waals surface area contributed by atoms with Gasteiger partial charge in [-0.2, -0.15) is 0 Å². The van der Waals surface area contributed by atoms with E-state index in [1.165, 1.54) is 0 Å². The van der Waals surface area contributed by atoms with E-state index in [4.69, 9.17) is 27.7 Å². The minimum absolute atomic E-state index is 0. The molecule has 0 aliphatic rings. The van der Waals surface area contributed by atoms with Crippen LogP contribution in [-0.4, -0.2) is 39.7 Å². The molecule has 0 spiro atoms. The Morgan fingerprint density at radius 3 is 1.21 bits per heavy atom. The minimum atomic E-state index is -5.17. The van der Waals surface area contributed by atoms with Crippen molar-refractivity contribution >= 4 is 22.3 Å². The average Bonchev–Trinajstić information content (AvgIpc) is 1.79. The van der Waals surface area contributed by atoms with Gasteiger partial charge in [0.25, 0.3) is 0 Å². The van der Waals surface area contributed by atoms with Crippen molar-refractivity contribution in [2.45, 2.75) is 0 Å². The molecule has 10 heteroatoms. The fraction of sp³-hybridized carbons (Fsp3) is 0. The van der Waals surface area contributed by atoms with Gasteiger partial charge in [0.1, 0.15) is 0 Å². The molecule has 0 rings (SSSR count). The van der Waals surface area contributed by atoms with Crippen LogP contribution >= 0.6 is 0 Å². The van der Waals surface area contributed by atoms with Crippen LogP contribution in [-0.2, 0) is 37.1 Å². The van der Waals surface area contributed by atoms with Crippen molar-refractivity contribution in [3.8, 4) is 0 Å². The summed E-state index contributed by atoms with van der Waals surface area (Å²) in [5.41, 5.74) is 0. The normalized spacial score (nSPS) is 9.57. The molecule has 0 fully saturated rings. The summed E-state index contributed by atoms with van der Waals surface area (Å²) in [7, 11) is -5.17. The van der Waals surface area contributed by atoms with Crippen LogP contribution in [0.15, 0.2) is 12.2 Å². The van der Waals surface area contributed by atoms with E-state index in [0.29, 0.717) is 12.2 Å². The molecule has 1 radical (unpaired) electrons. The second-order valence-electron chi connectivity index (χ2n) is 1.42. The summed E-state index contributed by atoms with van der Waals surface area (Å²) in [6.07, 6.45) is 1.12. The first-order valence-electron chi connectivity index (χ1n) is 2.43. The first-order chi connectivity index (χ1) is 5.63. The summed E-state index contributed by atoms with van der Waals surface area (Å²) in [4.78, 5) is 19.1. The van der Waals surface area contributed by atoms with Crippen molar-refractivity contribution in [2.24, 2.45) is 0 Å². The molecule has 2 N–H and O–H groups in total. The second kappa shape index (κ2) is 8.66. The minimum Gasteiger partial charge on any atom is -0.759 e. The van der Waals surface area contributed by atoms with Crippen molar-refractivity contribution in [1.29, 1.82) is 0 Å². The standard InChI is InChI=1S/C4H4O4.Cu.H2O4S/c5-3(6)1-2-4(7)8;;1-5(2,3)4/h1-2H,(H,5,6)(H,7,8);;(H2,1,2,3,4)/q;+2;/p-2/b2-1+;;. The maximum atomic E-state index is 9.55. The van der Waals surface area contributed by atoms with Gasteiger partial charge >= 0.3 is 29.0 Å². The van der Waals surface area contributed by atoms with Gasteiger partial charge in [-0.25, -0.2) is 9.59 Å². The van der Waals surface area contributed by atoms with E-state index in [0.717, 1.165) is 0 Å². The zero-order valence-corrected chi connectivity index (χ0v) is 7.97. The van der Waals surface area contributed by atoms with E-state index < -0.39 is 22.3 Å². The van der Waals surface area contributed by atoms with Gasteiger partial charge < -0.3 is 19.3 Å². The van der Waals surface area contributed by atoms with Crippen LogP contribution in [0.5, 0.6) is 0 Å². The third kappa shape index (κ3) is 67.8. The number of carboxylic acids is 2. The van der Waals surface area contributed by atoms with Gasteiger partial charge in [-0.3, -0.25) is 8.42 Å². The second-order valence-corrected chi connectivity index (χ2v) is 2.23. The maximum Gasteiger partial charge on any atom is 2.00 e. The fourth-order valence-electron chi connectivity index (χ4n) is 0.143. The first kappa shape index (κ1) is 18.8. The van der Waals surface area contributed by atoms with Crippen LogP contribution in [0.25, 0.3) is 0 Å². The number of aliphatic carboxylic acids is 2. The van der Waals surface area contributed by atoms with Gasteiger partial charge in [-0.05, 0) is 0 Å². The summed E-state index contributed by atoms with van der Waals surface area (Å²) in [6, 6.07) is 0. The van der Waals surface area contributed by atoms with Crippen LogP contribution in [0.1, 0.15) is 0 Å². The Kier molecular flexibility index (Phi) is 11.6. The zero-order chi connectivity index (χ0) is 11.1. The quantitative estimate of drug-likeness (QED) is 0.263. The Bertz CT molecular complexity index is 279. The predicted molar refractivity (Wildman–Crippen MR) is 34.9 cm³/mol. The van der Waals surface area contributed by atoms with Crippen LogP contribution in [0, 0.1) is 0 Å². The molecular formula is C4H4CuO8S. The van der Waals surface area contributed by atoms with Gasteiger partial charge in [0.2, 0.25) is 0 Å². The molecule has 0 amide bonds. The summed E-state index contributed by atoms with van der Waals surface area (Å²) in [6.45, 7) is 0. The van der Waals surface area contributed by atoms with E-state index >= 15 is 0 Å². The molecule has 0 saturated heterocycles. The van der Waals surface area contributed by atoms with Crippen molar-refractivity contribution in [3.05, 3.63) is 12.2 Å². The van der Waals surface area contributed by atoms with Crippen LogP contribution in [0.2, 0.25) is 0 Å². The van der Waals surface area contributed by atoms with Crippen molar-refractivity contribution in [1.82, 2.24) is 0 Å². The van der Waals surface area contributed by atoms with Gasteiger partial charge in [0.15, 0.2) is 0 Å². The number of carbonyl (C=O) groups is 2. The molecule has 0 aromatic rings. The SMILES string of the molecule is O=C(O)/C=C/C(=O)O.O=S(=O)([O-])[O-].[Cu+2]. The summed E-state index contributed by atoms with van der Waals surface area (Å²) < 4.78 is 34.1. The molecule has 0 aliphatic heterocycles. The third-order valence-electron chi connectivity index (χ3n) is 0.368. The van der Waals surface area contributed by atoms with Crippen molar-refractivity contribution in [3.63, 3.8) is 0 Å². The van der Waals surface area contributed by atoms with Crippen LogP contribution in [0.3, 0.4) is 0 Å². The number of hydrogen-bond acceptors (Lipinski definition) is 6. The molecule has 0 unspecified atom stereocenters. The molecule has 0 bridgehead atoms. The van der Waals surface area contributed by atoms with Crippen molar-refractivity contribution < 1.29 is 54.4 Å². The number of hydrogen-bond donors (Lipinski definition) is 2. The Hall–Kier alpha value is -0.931. The Labute approximate surface area is 89.3 Å². The molecule has 0 aromatic carbocycles. The Balaban J connectivity index is -0.000000177. The van der Waals surface area contributed by atoms with Gasteiger partial charge in [0.05, 0.1) is 0 Å². The van der Waals surface area contributed by atoms with Gasteiger partial charge in [-0.1, -0.05) is 0 Å².